The summed E-state index contributed by atoms with van der Waals surface area (Å²) in [5.74, 6) is 0.527. The molecule has 5 rings (SSSR count). The molecule has 2 aliphatic heterocycles. The lowest BCUT2D eigenvalue weighted by Crippen LogP contribution is -2.45. The van der Waals surface area contributed by atoms with E-state index >= 15 is 0 Å². The predicted molar refractivity (Wildman–Crippen MR) is 115 cm³/mol. The SMILES string of the molecule is O=C1c2c3ccccc3nn2CCN1CC1CCN(CCc2ccccc2F)CC1. The van der Waals surface area contributed by atoms with E-state index in [-0.39, 0.29) is 11.7 Å². The highest BCUT2D eigenvalue weighted by molar-refractivity contribution is 6.05. The Hall–Kier alpha value is -2.73. The van der Waals surface area contributed by atoms with E-state index in [2.05, 4.69) is 10.00 Å². The number of amides is 1. The van der Waals surface area contributed by atoms with Crippen molar-refractivity contribution in [2.24, 2.45) is 5.92 Å². The summed E-state index contributed by atoms with van der Waals surface area (Å²) in [6.45, 7) is 5.23. The van der Waals surface area contributed by atoms with Crippen molar-refractivity contribution in [2.45, 2.75) is 25.8 Å². The Morgan fingerprint density at radius 2 is 1.73 bits per heavy atom. The van der Waals surface area contributed by atoms with Crippen LogP contribution >= 0.6 is 0 Å². The molecule has 0 spiro atoms. The maximum absolute atomic E-state index is 13.8. The Bertz CT molecular complexity index is 1050. The number of hydrogen-bond acceptors (Lipinski definition) is 3. The lowest BCUT2D eigenvalue weighted by Gasteiger charge is -2.36. The first-order chi connectivity index (χ1) is 14.7. The molecule has 3 heterocycles. The number of aromatic nitrogens is 2. The van der Waals surface area contributed by atoms with Gasteiger partial charge in [-0.05, 0) is 56.0 Å². The molecular formula is C24H27FN4O. The second kappa shape index (κ2) is 8.19. The summed E-state index contributed by atoms with van der Waals surface area (Å²) in [6, 6.07) is 14.9. The van der Waals surface area contributed by atoms with Crippen LogP contribution in [0, 0.1) is 11.7 Å². The van der Waals surface area contributed by atoms with Gasteiger partial charge in [0.25, 0.3) is 5.91 Å². The van der Waals surface area contributed by atoms with Crippen molar-refractivity contribution in [3.05, 3.63) is 65.6 Å². The number of likely N-dealkylation sites (tertiary alicyclic amines) is 1. The number of carbonyl (C=O) groups is 1. The number of nitrogens with zero attached hydrogens (tertiary/aromatic N) is 4. The molecule has 2 aliphatic rings. The van der Waals surface area contributed by atoms with Gasteiger partial charge in [-0.1, -0.05) is 36.4 Å². The molecule has 3 aromatic rings. The van der Waals surface area contributed by atoms with Crippen LogP contribution in [0.3, 0.4) is 0 Å². The van der Waals surface area contributed by atoms with Crippen LogP contribution in [0.5, 0.6) is 0 Å². The summed E-state index contributed by atoms with van der Waals surface area (Å²) in [4.78, 5) is 17.6. The smallest absolute Gasteiger partial charge is 0.272 e. The number of carbonyl (C=O) groups excluding carboxylic acids is 1. The minimum absolute atomic E-state index is 0.108. The number of hydrogen-bond donors (Lipinski definition) is 0. The number of benzene rings is 2. The minimum atomic E-state index is -0.109. The molecule has 1 aromatic heterocycles. The van der Waals surface area contributed by atoms with Crippen LogP contribution in [0.1, 0.15) is 28.9 Å². The van der Waals surface area contributed by atoms with E-state index in [0.29, 0.717) is 5.92 Å². The molecule has 5 nitrogen and oxygen atoms in total. The molecule has 0 saturated carbocycles. The summed E-state index contributed by atoms with van der Waals surface area (Å²) in [6.07, 6.45) is 2.92. The first-order valence-corrected chi connectivity index (χ1v) is 10.9. The second-order valence-corrected chi connectivity index (χ2v) is 8.47. The molecule has 0 N–H and O–H groups in total. The third-order valence-electron chi connectivity index (χ3n) is 6.56. The summed E-state index contributed by atoms with van der Waals surface area (Å²) in [7, 11) is 0. The van der Waals surface area contributed by atoms with Crippen molar-refractivity contribution in [2.75, 3.05) is 32.7 Å². The third kappa shape index (κ3) is 3.72. The fourth-order valence-electron chi connectivity index (χ4n) is 4.79. The first kappa shape index (κ1) is 19.2. The van der Waals surface area contributed by atoms with Gasteiger partial charge in [0.1, 0.15) is 11.5 Å². The predicted octanol–water partition coefficient (Wildman–Crippen LogP) is 3.59. The zero-order valence-electron chi connectivity index (χ0n) is 17.1. The van der Waals surface area contributed by atoms with Crippen molar-refractivity contribution >= 4 is 16.8 Å². The highest BCUT2D eigenvalue weighted by atomic mass is 19.1. The molecule has 30 heavy (non-hydrogen) atoms. The highest BCUT2D eigenvalue weighted by Gasteiger charge is 2.30. The van der Waals surface area contributed by atoms with E-state index in [1.165, 1.54) is 6.07 Å². The zero-order chi connectivity index (χ0) is 20.5. The standard InChI is InChI=1S/C24H27FN4O/c25-21-7-3-1-5-19(21)11-14-27-12-9-18(10-13-27)17-28-15-16-29-23(24(28)30)20-6-2-4-8-22(20)26-29/h1-8,18H,9-17H2. The summed E-state index contributed by atoms with van der Waals surface area (Å²) < 4.78 is 15.7. The van der Waals surface area contributed by atoms with Crippen LogP contribution in [0.4, 0.5) is 4.39 Å². The minimum Gasteiger partial charge on any atom is -0.335 e. The normalized spacial score (nSPS) is 18.2. The summed E-state index contributed by atoms with van der Waals surface area (Å²) >= 11 is 0. The molecule has 0 unspecified atom stereocenters. The van der Waals surface area contributed by atoms with Crippen LogP contribution in [0.25, 0.3) is 10.9 Å². The zero-order valence-corrected chi connectivity index (χ0v) is 17.1. The number of fused-ring (bicyclic) bond motifs is 3. The van der Waals surface area contributed by atoms with Crippen molar-refractivity contribution < 1.29 is 9.18 Å². The van der Waals surface area contributed by atoms with E-state index in [9.17, 15) is 9.18 Å². The van der Waals surface area contributed by atoms with Crippen molar-refractivity contribution in [3.8, 4) is 0 Å². The van der Waals surface area contributed by atoms with Gasteiger partial charge in [0.05, 0.1) is 12.1 Å². The first-order valence-electron chi connectivity index (χ1n) is 10.9. The van der Waals surface area contributed by atoms with Gasteiger partial charge >= 0.3 is 0 Å². The van der Waals surface area contributed by atoms with E-state index < -0.39 is 0 Å². The Balaban J connectivity index is 1.16. The van der Waals surface area contributed by atoms with Crippen molar-refractivity contribution in [1.82, 2.24) is 19.6 Å². The molecule has 1 fully saturated rings. The van der Waals surface area contributed by atoms with Gasteiger partial charge in [0, 0.05) is 25.0 Å². The molecule has 2 aromatic carbocycles. The maximum Gasteiger partial charge on any atom is 0.272 e. The van der Waals surface area contributed by atoms with Crippen LogP contribution in [0.15, 0.2) is 48.5 Å². The molecule has 1 saturated heterocycles. The Labute approximate surface area is 176 Å². The molecule has 0 radical (unpaired) electrons. The summed E-state index contributed by atoms with van der Waals surface area (Å²) in [5, 5.41) is 5.54. The van der Waals surface area contributed by atoms with Gasteiger partial charge in [0.15, 0.2) is 0 Å². The lowest BCUT2D eigenvalue weighted by molar-refractivity contribution is 0.0630. The van der Waals surface area contributed by atoms with Crippen molar-refractivity contribution in [1.29, 1.82) is 0 Å². The second-order valence-electron chi connectivity index (χ2n) is 8.47. The van der Waals surface area contributed by atoms with E-state index in [0.717, 1.165) is 80.7 Å². The lowest BCUT2D eigenvalue weighted by atomic mass is 9.95. The molecule has 1 amide bonds. The molecule has 0 bridgehead atoms. The van der Waals surface area contributed by atoms with Crippen LogP contribution in [0.2, 0.25) is 0 Å². The monoisotopic (exact) mass is 406 g/mol. The number of piperidine rings is 1. The number of rotatable bonds is 5. The Morgan fingerprint density at radius 3 is 2.57 bits per heavy atom. The molecular weight excluding hydrogens is 379 g/mol. The fourth-order valence-corrected chi connectivity index (χ4v) is 4.79. The average Bonchev–Trinajstić information content (AvgIpc) is 3.15. The van der Waals surface area contributed by atoms with Crippen molar-refractivity contribution in [3.63, 3.8) is 0 Å². The van der Waals surface area contributed by atoms with Gasteiger partial charge < -0.3 is 9.80 Å². The van der Waals surface area contributed by atoms with Crippen LogP contribution in [-0.2, 0) is 13.0 Å². The van der Waals surface area contributed by atoms with Crippen LogP contribution in [-0.4, -0.2) is 58.2 Å². The van der Waals surface area contributed by atoms with E-state index in [1.54, 1.807) is 6.07 Å². The van der Waals surface area contributed by atoms with Gasteiger partial charge in [-0.3, -0.25) is 9.48 Å². The van der Waals surface area contributed by atoms with Gasteiger partial charge in [-0.15, -0.1) is 0 Å². The third-order valence-corrected chi connectivity index (χ3v) is 6.56. The highest BCUT2D eigenvalue weighted by Crippen LogP contribution is 2.25. The van der Waals surface area contributed by atoms with E-state index in [4.69, 9.17) is 0 Å². The van der Waals surface area contributed by atoms with Crippen LogP contribution < -0.4 is 0 Å². The average molecular weight is 407 g/mol. The van der Waals surface area contributed by atoms with Gasteiger partial charge in [0.2, 0.25) is 0 Å². The van der Waals surface area contributed by atoms with E-state index in [1.807, 2.05) is 46.0 Å². The molecule has 0 aliphatic carbocycles. The fraction of sp³-hybridized carbons (Fsp3) is 0.417. The molecule has 156 valence electrons. The van der Waals surface area contributed by atoms with Gasteiger partial charge in [-0.25, -0.2) is 4.39 Å². The summed E-state index contributed by atoms with van der Waals surface area (Å²) in [5.41, 5.74) is 2.42. The Kier molecular flexibility index (Phi) is 5.25. The Morgan fingerprint density at radius 1 is 0.967 bits per heavy atom. The maximum atomic E-state index is 13.8. The number of halogens is 1. The molecule has 6 heteroatoms. The largest absolute Gasteiger partial charge is 0.335 e. The van der Waals surface area contributed by atoms with Gasteiger partial charge in [-0.2, -0.15) is 5.10 Å². The topological polar surface area (TPSA) is 41.4 Å². The quantitative estimate of drug-likeness (QED) is 0.650. The molecule has 0 atom stereocenters.